The summed E-state index contributed by atoms with van der Waals surface area (Å²) in [5, 5.41) is 11.8. The second-order valence-corrected chi connectivity index (χ2v) is 5.36. The van der Waals surface area contributed by atoms with Gasteiger partial charge in [-0.15, -0.1) is 0 Å². The molecule has 4 nitrogen and oxygen atoms in total. The van der Waals surface area contributed by atoms with Crippen LogP contribution >= 0.6 is 0 Å². The van der Waals surface area contributed by atoms with E-state index in [4.69, 9.17) is 5.26 Å². The van der Waals surface area contributed by atoms with E-state index < -0.39 is 5.41 Å². The largest absolute Gasteiger partial charge is 0.367 e. The molecule has 1 aliphatic carbocycles. The fraction of sp³-hybridized carbons (Fsp3) is 0.538. The van der Waals surface area contributed by atoms with Crippen LogP contribution in [0.25, 0.3) is 0 Å². The van der Waals surface area contributed by atoms with E-state index in [-0.39, 0.29) is 11.3 Å². The average Bonchev–Trinajstić information content (AvgIpc) is 2.90. The highest BCUT2D eigenvalue weighted by Crippen LogP contribution is 2.45. The monoisotopic (exact) mass is 231 g/mol. The predicted octanol–water partition coefficient (Wildman–Crippen LogP) is 1.71. The molecule has 0 atom stereocenters. The Labute approximate surface area is 101 Å². The molecule has 0 saturated heterocycles. The third-order valence-corrected chi connectivity index (χ3v) is 3.47. The van der Waals surface area contributed by atoms with E-state index in [1.165, 1.54) is 0 Å². The highest BCUT2D eigenvalue weighted by molar-refractivity contribution is 5.88. The molecule has 0 spiro atoms. The summed E-state index contributed by atoms with van der Waals surface area (Å²) in [6.07, 6.45) is 5.19. The third-order valence-electron chi connectivity index (χ3n) is 3.47. The zero-order valence-electron chi connectivity index (χ0n) is 10.2. The quantitative estimate of drug-likeness (QED) is 0.828. The lowest BCUT2D eigenvalue weighted by molar-refractivity contribution is -0.124. The molecule has 1 aromatic rings. The standard InChI is InChI=1S/C13H17N3O/c1-12(2,10-3-6-15-7-10)9-16-11(17)13(8-14)4-5-13/h3,6-7,15H,4-5,9H2,1-2H3,(H,16,17). The van der Waals surface area contributed by atoms with Gasteiger partial charge in [-0.2, -0.15) is 5.26 Å². The molecule has 4 heteroatoms. The summed E-state index contributed by atoms with van der Waals surface area (Å²) in [5.41, 5.74) is 0.301. The summed E-state index contributed by atoms with van der Waals surface area (Å²) in [6, 6.07) is 4.11. The maximum absolute atomic E-state index is 11.8. The van der Waals surface area contributed by atoms with Gasteiger partial charge >= 0.3 is 0 Å². The van der Waals surface area contributed by atoms with Crippen molar-refractivity contribution in [1.29, 1.82) is 5.26 Å². The molecule has 2 rings (SSSR count). The van der Waals surface area contributed by atoms with Crippen LogP contribution in [0.15, 0.2) is 18.5 Å². The van der Waals surface area contributed by atoms with Crippen LogP contribution in [-0.2, 0) is 10.2 Å². The predicted molar refractivity (Wildman–Crippen MR) is 64.1 cm³/mol. The van der Waals surface area contributed by atoms with Crippen LogP contribution in [0, 0.1) is 16.7 Å². The minimum Gasteiger partial charge on any atom is -0.367 e. The van der Waals surface area contributed by atoms with Crippen molar-refractivity contribution in [2.75, 3.05) is 6.54 Å². The van der Waals surface area contributed by atoms with Crippen LogP contribution in [0.1, 0.15) is 32.3 Å². The fourth-order valence-electron chi connectivity index (χ4n) is 1.83. The Hall–Kier alpha value is -1.76. The molecule has 0 aromatic carbocycles. The Morgan fingerprint density at radius 1 is 1.65 bits per heavy atom. The van der Waals surface area contributed by atoms with Gasteiger partial charge in [-0.1, -0.05) is 13.8 Å². The van der Waals surface area contributed by atoms with Gasteiger partial charge in [0.2, 0.25) is 5.91 Å². The van der Waals surface area contributed by atoms with Crippen molar-refractivity contribution in [2.45, 2.75) is 32.1 Å². The lowest BCUT2D eigenvalue weighted by Gasteiger charge is -2.24. The summed E-state index contributed by atoms with van der Waals surface area (Å²) in [5.74, 6) is -0.122. The average molecular weight is 231 g/mol. The minimum absolute atomic E-state index is 0.122. The highest BCUT2D eigenvalue weighted by atomic mass is 16.2. The lowest BCUT2D eigenvalue weighted by Crippen LogP contribution is -2.40. The highest BCUT2D eigenvalue weighted by Gasteiger charge is 2.50. The molecule has 1 heterocycles. The zero-order chi connectivity index (χ0) is 12.5. The first-order valence-corrected chi connectivity index (χ1v) is 5.83. The molecule has 1 saturated carbocycles. The van der Waals surface area contributed by atoms with E-state index in [0.29, 0.717) is 19.4 Å². The molecule has 2 N–H and O–H groups in total. The number of amides is 1. The van der Waals surface area contributed by atoms with Gasteiger partial charge in [0.1, 0.15) is 5.41 Å². The molecule has 17 heavy (non-hydrogen) atoms. The molecule has 0 aliphatic heterocycles. The Morgan fingerprint density at radius 3 is 2.82 bits per heavy atom. The number of aromatic nitrogens is 1. The number of hydrogen-bond acceptors (Lipinski definition) is 2. The Balaban J connectivity index is 1.95. The van der Waals surface area contributed by atoms with Gasteiger partial charge in [-0.05, 0) is 24.5 Å². The lowest BCUT2D eigenvalue weighted by atomic mass is 9.86. The van der Waals surface area contributed by atoms with Gasteiger partial charge in [0.25, 0.3) is 0 Å². The molecule has 1 aromatic heterocycles. The third kappa shape index (κ3) is 2.19. The molecule has 0 unspecified atom stereocenters. The fourth-order valence-corrected chi connectivity index (χ4v) is 1.83. The molecular weight excluding hydrogens is 214 g/mol. The van der Waals surface area contributed by atoms with Crippen LogP contribution in [0.2, 0.25) is 0 Å². The number of H-pyrrole nitrogens is 1. The van der Waals surface area contributed by atoms with Gasteiger partial charge in [-0.25, -0.2) is 0 Å². The van der Waals surface area contributed by atoms with Crippen molar-refractivity contribution in [3.63, 3.8) is 0 Å². The minimum atomic E-state index is -0.728. The van der Waals surface area contributed by atoms with Crippen molar-refractivity contribution in [2.24, 2.45) is 5.41 Å². The molecule has 1 amide bonds. The van der Waals surface area contributed by atoms with E-state index in [9.17, 15) is 4.79 Å². The number of aromatic amines is 1. The van der Waals surface area contributed by atoms with E-state index in [1.807, 2.05) is 18.5 Å². The van der Waals surface area contributed by atoms with Crippen LogP contribution in [-0.4, -0.2) is 17.4 Å². The Kier molecular flexibility index (Phi) is 2.70. The van der Waals surface area contributed by atoms with Crippen LogP contribution < -0.4 is 5.32 Å². The van der Waals surface area contributed by atoms with Gasteiger partial charge in [0, 0.05) is 24.4 Å². The van der Waals surface area contributed by atoms with E-state index in [0.717, 1.165) is 5.56 Å². The van der Waals surface area contributed by atoms with Gasteiger partial charge < -0.3 is 10.3 Å². The van der Waals surface area contributed by atoms with Crippen molar-refractivity contribution in [3.8, 4) is 6.07 Å². The Morgan fingerprint density at radius 2 is 2.35 bits per heavy atom. The molecule has 90 valence electrons. The molecule has 0 radical (unpaired) electrons. The Bertz CT molecular complexity index is 450. The second-order valence-electron chi connectivity index (χ2n) is 5.36. The first-order chi connectivity index (χ1) is 8.00. The van der Waals surface area contributed by atoms with Crippen LogP contribution in [0.4, 0.5) is 0 Å². The summed E-state index contributed by atoms with van der Waals surface area (Å²) in [4.78, 5) is 14.8. The van der Waals surface area contributed by atoms with E-state index in [1.54, 1.807) is 0 Å². The molecular formula is C13H17N3O. The SMILES string of the molecule is CC(C)(CNC(=O)C1(C#N)CC1)c1cc[nH]c1. The number of hydrogen-bond donors (Lipinski definition) is 2. The smallest absolute Gasteiger partial charge is 0.240 e. The number of nitrogens with one attached hydrogen (secondary N) is 2. The summed E-state index contributed by atoms with van der Waals surface area (Å²) < 4.78 is 0. The number of nitriles is 1. The van der Waals surface area contributed by atoms with Crippen molar-refractivity contribution < 1.29 is 4.79 Å². The van der Waals surface area contributed by atoms with Crippen molar-refractivity contribution >= 4 is 5.91 Å². The second kappa shape index (κ2) is 3.92. The zero-order valence-corrected chi connectivity index (χ0v) is 10.2. The first-order valence-electron chi connectivity index (χ1n) is 5.83. The summed E-state index contributed by atoms with van der Waals surface area (Å²) in [6.45, 7) is 4.69. The van der Waals surface area contributed by atoms with Crippen LogP contribution in [0.3, 0.4) is 0 Å². The van der Waals surface area contributed by atoms with Gasteiger partial charge in [-0.3, -0.25) is 4.79 Å². The number of rotatable bonds is 4. The van der Waals surface area contributed by atoms with E-state index >= 15 is 0 Å². The maximum Gasteiger partial charge on any atom is 0.240 e. The van der Waals surface area contributed by atoms with E-state index in [2.05, 4.69) is 30.2 Å². The van der Waals surface area contributed by atoms with Crippen molar-refractivity contribution in [3.05, 3.63) is 24.0 Å². The number of carbonyl (C=O) groups excluding carboxylic acids is 1. The van der Waals surface area contributed by atoms with Gasteiger partial charge in [0.15, 0.2) is 0 Å². The van der Waals surface area contributed by atoms with Crippen LogP contribution in [0.5, 0.6) is 0 Å². The first kappa shape index (κ1) is 11.7. The molecule has 1 fully saturated rings. The molecule has 1 aliphatic rings. The van der Waals surface area contributed by atoms with Gasteiger partial charge in [0.05, 0.1) is 6.07 Å². The van der Waals surface area contributed by atoms with Crippen molar-refractivity contribution in [1.82, 2.24) is 10.3 Å². The molecule has 0 bridgehead atoms. The normalized spacial score (nSPS) is 17.2. The maximum atomic E-state index is 11.8. The summed E-state index contributed by atoms with van der Waals surface area (Å²) in [7, 11) is 0. The number of carbonyl (C=O) groups is 1. The summed E-state index contributed by atoms with van der Waals surface area (Å²) >= 11 is 0. The topological polar surface area (TPSA) is 68.7 Å². The number of nitrogens with zero attached hydrogens (tertiary/aromatic N) is 1.